The van der Waals surface area contributed by atoms with Gasteiger partial charge in [-0.2, -0.15) is 0 Å². The summed E-state index contributed by atoms with van der Waals surface area (Å²) in [4.78, 5) is 13.4. The Morgan fingerprint density at radius 1 is 0.941 bits per heavy atom. The number of thiophene rings is 1. The smallest absolute Gasteiger partial charge is 0.271 e. The van der Waals surface area contributed by atoms with Gasteiger partial charge in [0.15, 0.2) is 17.3 Å². The van der Waals surface area contributed by atoms with Crippen molar-refractivity contribution >= 4 is 38.0 Å². The largest absolute Gasteiger partial charge is 0.504 e. The number of nitrogens with zero attached hydrogens (tertiary/aromatic N) is 1. The first-order valence-corrected chi connectivity index (χ1v) is 11.9. The topological polar surface area (TPSA) is 163 Å². The first kappa shape index (κ1) is 21.6. The van der Waals surface area contributed by atoms with Gasteiger partial charge in [0.1, 0.15) is 21.7 Å². The molecule has 10 nitrogen and oxygen atoms in total. The molecule has 0 fully saturated rings. The number of nitrogens with one attached hydrogen (secondary N) is 1. The number of anilines is 1. The van der Waals surface area contributed by atoms with Gasteiger partial charge in [-0.05, 0) is 48.5 Å². The molecule has 34 heavy (non-hydrogen) atoms. The lowest BCUT2D eigenvalue weighted by Crippen LogP contribution is -2.12. The van der Waals surface area contributed by atoms with E-state index >= 15 is 0 Å². The summed E-state index contributed by atoms with van der Waals surface area (Å²) in [5, 5.41) is 33.3. The third-order valence-electron chi connectivity index (χ3n) is 4.89. The van der Waals surface area contributed by atoms with Gasteiger partial charge in [0.25, 0.3) is 10.0 Å². The molecule has 0 aliphatic heterocycles. The lowest BCUT2D eigenvalue weighted by Gasteiger charge is -2.09. The second-order valence-corrected chi connectivity index (χ2v) is 10.1. The van der Waals surface area contributed by atoms with Crippen molar-refractivity contribution in [3.8, 4) is 39.1 Å². The zero-order valence-electron chi connectivity index (χ0n) is 16.9. The van der Waals surface area contributed by atoms with Crippen molar-refractivity contribution in [3.63, 3.8) is 0 Å². The fraction of sp³-hybridized carbons (Fsp3) is 0. The Kier molecular flexibility index (Phi) is 5.03. The average molecular weight is 498 g/mol. The minimum atomic E-state index is -3.97. The van der Waals surface area contributed by atoms with Crippen LogP contribution in [0.25, 0.3) is 32.9 Å². The molecule has 0 radical (unpaired) electrons. The molecule has 5 rings (SSSR count). The minimum Gasteiger partial charge on any atom is -0.504 e. The molecule has 4 N–H and O–H groups in total. The Labute approximate surface area is 195 Å². The van der Waals surface area contributed by atoms with E-state index in [0.29, 0.717) is 10.6 Å². The predicted octanol–water partition coefficient (Wildman–Crippen LogP) is 4.09. The number of aromatic nitrogens is 1. The highest BCUT2D eigenvalue weighted by atomic mass is 32.2. The molecule has 0 aliphatic rings. The normalized spacial score (nSPS) is 11.6. The van der Waals surface area contributed by atoms with E-state index in [1.807, 2.05) is 0 Å². The number of phenols is 2. The molecule has 0 aliphatic carbocycles. The van der Waals surface area contributed by atoms with Crippen LogP contribution in [0.3, 0.4) is 0 Å². The van der Waals surface area contributed by atoms with Crippen molar-refractivity contribution in [2.24, 2.45) is 0 Å². The summed E-state index contributed by atoms with van der Waals surface area (Å²) in [5.41, 5.74) is 0.0397. The van der Waals surface area contributed by atoms with Crippen molar-refractivity contribution in [3.05, 3.63) is 71.1 Å². The van der Waals surface area contributed by atoms with Crippen LogP contribution < -0.4 is 10.2 Å². The van der Waals surface area contributed by atoms with E-state index in [4.69, 9.17) is 8.94 Å². The average Bonchev–Trinajstić information content (AvgIpc) is 3.50. The number of fused-ring (bicyclic) bond motifs is 1. The van der Waals surface area contributed by atoms with Gasteiger partial charge in [-0.25, -0.2) is 8.42 Å². The van der Waals surface area contributed by atoms with Crippen LogP contribution in [-0.2, 0) is 10.0 Å². The molecule has 3 heterocycles. The first-order valence-electron chi connectivity index (χ1n) is 9.58. The lowest BCUT2D eigenvalue weighted by molar-refractivity contribution is 0.403. The van der Waals surface area contributed by atoms with Gasteiger partial charge in [-0.15, -0.1) is 11.3 Å². The van der Waals surface area contributed by atoms with Gasteiger partial charge in [0, 0.05) is 17.3 Å². The van der Waals surface area contributed by atoms with Crippen LogP contribution in [0.2, 0.25) is 0 Å². The maximum absolute atomic E-state index is 12.8. The number of benzene rings is 2. The van der Waals surface area contributed by atoms with Crippen LogP contribution in [0.5, 0.6) is 17.2 Å². The van der Waals surface area contributed by atoms with E-state index < -0.39 is 27.0 Å². The van der Waals surface area contributed by atoms with E-state index in [1.165, 1.54) is 42.7 Å². The molecule has 0 unspecified atom stereocenters. The quantitative estimate of drug-likeness (QED) is 0.261. The van der Waals surface area contributed by atoms with Gasteiger partial charge >= 0.3 is 0 Å². The molecule has 2 aromatic carbocycles. The lowest BCUT2D eigenvalue weighted by atomic mass is 10.1. The molecular weight excluding hydrogens is 484 g/mol. The van der Waals surface area contributed by atoms with Crippen molar-refractivity contribution in [2.75, 3.05) is 4.72 Å². The fourth-order valence-corrected chi connectivity index (χ4v) is 5.57. The Bertz CT molecular complexity index is 1700. The van der Waals surface area contributed by atoms with E-state index in [0.717, 1.165) is 17.4 Å². The van der Waals surface area contributed by atoms with E-state index in [-0.39, 0.29) is 37.9 Å². The Hall–Kier alpha value is -4.29. The van der Waals surface area contributed by atoms with Gasteiger partial charge in [0.05, 0.1) is 10.3 Å². The highest BCUT2D eigenvalue weighted by molar-refractivity contribution is 7.94. The maximum atomic E-state index is 12.8. The summed E-state index contributed by atoms with van der Waals surface area (Å²) >= 11 is 0.996. The zero-order chi connectivity index (χ0) is 24.0. The zero-order valence-corrected chi connectivity index (χ0v) is 18.6. The standard InChI is InChI=1S/C22H14N2O8S2/c25-15-3-1-11(9-16(15)26)22-21(28)20(27)13-10-12(2-4-17(13)32-22)24-34(29,30)19-6-5-18(33-19)14-7-8-31-23-14/h1-10,24-26,28H. The molecule has 0 amide bonds. The molecule has 0 saturated heterocycles. The van der Waals surface area contributed by atoms with Gasteiger partial charge in [-0.1, -0.05) is 5.16 Å². The Morgan fingerprint density at radius 2 is 1.76 bits per heavy atom. The molecule has 0 atom stereocenters. The van der Waals surface area contributed by atoms with Crippen molar-refractivity contribution < 1.29 is 32.7 Å². The summed E-state index contributed by atoms with van der Waals surface area (Å²) in [7, 11) is -3.97. The molecular formula is C22H14N2O8S2. The van der Waals surface area contributed by atoms with E-state index in [1.54, 1.807) is 12.1 Å². The van der Waals surface area contributed by atoms with Gasteiger partial charge in [0.2, 0.25) is 11.2 Å². The highest BCUT2D eigenvalue weighted by Crippen LogP contribution is 2.36. The third-order valence-corrected chi connectivity index (χ3v) is 7.87. The second kappa shape index (κ2) is 7.93. The predicted molar refractivity (Wildman–Crippen MR) is 124 cm³/mol. The van der Waals surface area contributed by atoms with Crippen LogP contribution in [0.4, 0.5) is 5.69 Å². The summed E-state index contributed by atoms with van der Waals surface area (Å²) in [5.74, 6) is -1.76. The molecule has 12 heteroatoms. The SMILES string of the molecule is O=c1c(O)c(-c2ccc(O)c(O)c2)oc2ccc(NS(=O)(=O)c3ccc(-c4ccon4)s3)cc12. The number of phenolic OH excluding ortho intramolecular Hbond substituents is 2. The number of aromatic hydroxyl groups is 3. The molecule has 0 bridgehead atoms. The van der Waals surface area contributed by atoms with Crippen molar-refractivity contribution in [1.29, 1.82) is 0 Å². The van der Waals surface area contributed by atoms with Crippen LogP contribution in [0.15, 0.2) is 78.8 Å². The van der Waals surface area contributed by atoms with Crippen LogP contribution in [0, 0.1) is 0 Å². The number of sulfonamides is 1. The molecule has 5 aromatic rings. The van der Waals surface area contributed by atoms with Crippen LogP contribution in [0.1, 0.15) is 0 Å². The second-order valence-electron chi connectivity index (χ2n) is 7.13. The Balaban J connectivity index is 1.50. The van der Waals surface area contributed by atoms with Crippen molar-refractivity contribution in [1.82, 2.24) is 5.16 Å². The first-order chi connectivity index (χ1) is 16.2. The molecule has 3 aromatic heterocycles. The number of hydrogen-bond donors (Lipinski definition) is 4. The minimum absolute atomic E-state index is 0.0305. The summed E-state index contributed by atoms with van der Waals surface area (Å²) in [6.45, 7) is 0. The number of rotatable bonds is 5. The fourth-order valence-electron chi connectivity index (χ4n) is 3.26. The summed E-state index contributed by atoms with van der Waals surface area (Å²) in [6, 6.07) is 12.4. The third kappa shape index (κ3) is 3.74. The monoisotopic (exact) mass is 498 g/mol. The molecule has 0 spiro atoms. The van der Waals surface area contributed by atoms with Crippen LogP contribution in [-0.4, -0.2) is 28.9 Å². The van der Waals surface area contributed by atoms with Crippen molar-refractivity contribution in [2.45, 2.75) is 4.21 Å². The summed E-state index contributed by atoms with van der Waals surface area (Å²) in [6.07, 6.45) is 1.38. The van der Waals surface area contributed by atoms with Crippen LogP contribution >= 0.6 is 11.3 Å². The molecule has 172 valence electrons. The maximum Gasteiger partial charge on any atom is 0.271 e. The number of hydrogen-bond acceptors (Lipinski definition) is 10. The van der Waals surface area contributed by atoms with Gasteiger partial charge in [-0.3, -0.25) is 9.52 Å². The van der Waals surface area contributed by atoms with E-state index in [9.17, 15) is 28.5 Å². The van der Waals surface area contributed by atoms with Gasteiger partial charge < -0.3 is 24.3 Å². The summed E-state index contributed by atoms with van der Waals surface area (Å²) < 4.78 is 38.5. The van der Waals surface area contributed by atoms with E-state index in [2.05, 4.69) is 9.88 Å². The Morgan fingerprint density at radius 3 is 2.50 bits per heavy atom. The molecule has 0 saturated carbocycles. The highest BCUT2D eigenvalue weighted by Gasteiger charge is 2.21.